The lowest BCUT2D eigenvalue weighted by molar-refractivity contribution is -0.122. The number of amides is 2. The van der Waals surface area contributed by atoms with Gasteiger partial charge in [0.1, 0.15) is 11.3 Å². The third-order valence-electron chi connectivity index (χ3n) is 5.29. The van der Waals surface area contributed by atoms with Crippen LogP contribution >= 0.6 is 34.8 Å². The minimum atomic E-state index is -0.510. The number of aryl methyl sites for hydroxylation is 1. The molecule has 162 valence electrons. The summed E-state index contributed by atoms with van der Waals surface area (Å²) in [5.41, 5.74) is 4.32. The van der Waals surface area contributed by atoms with E-state index in [4.69, 9.17) is 17.0 Å². The van der Waals surface area contributed by atoms with Gasteiger partial charge in [-0.2, -0.15) is 0 Å². The maximum atomic E-state index is 13.3. The predicted octanol–water partition coefficient (Wildman–Crippen LogP) is 4.54. The van der Waals surface area contributed by atoms with Crippen LogP contribution in [0.4, 0.5) is 5.69 Å². The van der Waals surface area contributed by atoms with E-state index in [2.05, 4.69) is 32.5 Å². The Labute approximate surface area is 205 Å². The highest BCUT2D eigenvalue weighted by atomic mass is 127. The minimum absolute atomic E-state index is 0.0253. The van der Waals surface area contributed by atoms with Gasteiger partial charge in [0.05, 0.1) is 12.8 Å². The van der Waals surface area contributed by atoms with Gasteiger partial charge in [0.25, 0.3) is 11.8 Å². The Bertz CT molecular complexity index is 1260. The molecule has 32 heavy (non-hydrogen) atoms. The number of methoxy groups -OCH3 is 1. The first-order chi connectivity index (χ1) is 15.3. The lowest BCUT2D eigenvalue weighted by Crippen LogP contribution is -2.54. The Hall–Kier alpha value is -2.98. The van der Waals surface area contributed by atoms with Crippen LogP contribution in [0, 0.1) is 17.4 Å². The Morgan fingerprint density at radius 1 is 1.00 bits per heavy atom. The van der Waals surface area contributed by atoms with E-state index in [1.165, 1.54) is 4.90 Å². The first kappa shape index (κ1) is 22.2. The number of rotatable bonds is 4. The lowest BCUT2D eigenvalue weighted by atomic mass is 10.1. The standard InChI is InChI=1S/C24H20IN3O3S/c1-14-12-16(15(2)27(14)18-6-4-17(25)5-7-18)13-21-22(29)26-24(32)28(23(21)30)19-8-10-20(31-3)11-9-19/h4-13H,1-3H3,(H,26,29,32)/b21-13+. The van der Waals surface area contributed by atoms with Gasteiger partial charge in [-0.3, -0.25) is 19.8 Å². The van der Waals surface area contributed by atoms with Crippen LogP contribution in [0.2, 0.25) is 0 Å². The molecule has 1 N–H and O–H groups in total. The number of thiocarbonyl (C=S) groups is 1. The highest BCUT2D eigenvalue weighted by Crippen LogP contribution is 2.27. The predicted molar refractivity (Wildman–Crippen MR) is 137 cm³/mol. The van der Waals surface area contributed by atoms with E-state index in [0.717, 1.165) is 26.2 Å². The number of ether oxygens (including phenoxy) is 1. The van der Waals surface area contributed by atoms with Crippen molar-refractivity contribution in [2.24, 2.45) is 0 Å². The van der Waals surface area contributed by atoms with Crippen LogP contribution in [0.1, 0.15) is 17.0 Å². The van der Waals surface area contributed by atoms with E-state index in [1.807, 2.05) is 44.2 Å². The molecule has 8 heteroatoms. The molecule has 1 fully saturated rings. The largest absolute Gasteiger partial charge is 0.497 e. The Balaban J connectivity index is 1.73. The quantitative estimate of drug-likeness (QED) is 0.222. The van der Waals surface area contributed by atoms with E-state index in [-0.39, 0.29) is 10.7 Å². The molecule has 1 aliphatic heterocycles. The van der Waals surface area contributed by atoms with Crippen molar-refractivity contribution in [1.82, 2.24) is 9.88 Å². The number of halogens is 1. The third-order valence-corrected chi connectivity index (χ3v) is 6.29. The van der Waals surface area contributed by atoms with Gasteiger partial charge in [0.15, 0.2) is 5.11 Å². The van der Waals surface area contributed by atoms with Gasteiger partial charge in [0.2, 0.25) is 0 Å². The van der Waals surface area contributed by atoms with Gasteiger partial charge in [-0.15, -0.1) is 0 Å². The molecule has 3 aromatic rings. The molecule has 4 rings (SSSR count). The number of carbonyl (C=O) groups excluding carboxylic acids is 2. The third kappa shape index (κ3) is 4.07. The fourth-order valence-electron chi connectivity index (χ4n) is 3.70. The highest BCUT2D eigenvalue weighted by molar-refractivity contribution is 14.1. The van der Waals surface area contributed by atoms with Gasteiger partial charge in [-0.1, -0.05) is 0 Å². The molecule has 0 spiro atoms. The molecular formula is C24H20IN3O3S. The average Bonchev–Trinajstić information content (AvgIpc) is 3.05. The number of hydrogen-bond donors (Lipinski definition) is 1. The zero-order valence-corrected chi connectivity index (χ0v) is 20.7. The van der Waals surface area contributed by atoms with Gasteiger partial charge in [-0.25, -0.2) is 0 Å². The minimum Gasteiger partial charge on any atom is -0.497 e. The number of anilines is 1. The maximum Gasteiger partial charge on any atom is 0.270 e. The molecule has 6 nitrogen and oxygen atoms in total. The summed E-state index contributed by atoms with van der Waals surface area (Å²) in [7, 11) is 1.57. The Kier molecular flexibility index (Phi) is 6.16. The second kappa shape index (κ2) is 8.87. The Morgan fingerprint density at radius 2 is 1.62 bits per heavy atom. The van der Waals surface area contributed by atoms with Crippen molar-refractivity contribution < 1.29 is 14.3 Å². The normalized spacial score (nSPS) is 15.3. The molecule has 2 aromatic carbocycles. The average molecular weight is 557 g/mol. The monoisotopic (exact) mass is 557 g/mol. The van der Waals surface area contributed by atoms with Crippen LogP contribution in [-0.2, 0) is 9.59 Å². The lowest BCUT2D eigenvalue weighted by Gasteiger charge is -2.29. The molecule has 1 saturated heterocycles. The van der Waals surface area contributed by atoms with Gasteiger partial charge in [-0.05, 0) is 115 Å². The molecule has 0 unspecified atom stereocenters. The van der Waals surface area contributed by atoms with Crippen LogP contribution in [0.3, 0.4) is 0 Å². The molecule has 1 aromatic heterocycles. The molecule has 0 atom stereocenters. The van der Waals surface area contributed by atoms with E-state index in [9.17, 15) is 9.59 Å². The van der Waals surface area contributed by atoms with Crippen molar-refractivity contribution in [1.29, 1.82) is 0 Å². The summed E-state index contributed by atoms with van der Waals surface area (Å²) < 4.78 is 8.42. The summed E-state index contributed by atoms with van der Waals surface area (Å²) in [6.07, 6.45) is 1.63. The maximum absolute atomic E-state index is 13.3. The molecular weight excluding hydrogens is 537 g/mol. The number of aromatic nitrogens is 1. The van der Waals surface area contributed by atoms with Crippen LogP contribution in [-0.4, -0.2) is 28.6 Å². The molecule has 0 aliphatic carbocycles. The van der Waals surface area contributed by atoms with E-state index in [1.54, 1.807) is 37.5 Å². The summed E-state index contributed by atoms with van der Waals surface area (Å²) in [5, 5.41) is 2.67. The second-order valence-corrected chi connectivity index (χ2v) is 8.93. The number of nitrogens with one attached hydrogen (secondary N) is 1. The number of nitrogens with zero attached hydrogens (tertiary/aromatic N) is 2. The van der Waals surface area contributed by atoms with Crippen LogP contribution in [0.25, 0.3) is 11.8 Å². The smallest absolute Gasteiger partial charge is 0.270 e. The van der Waals surface area contributed by atoms with Crippen molar-refractivity contribution in [2.75, 3.05) is 12.0 Å². The summed E-state index contributed by atoms with van der Waals surface area (Å²) in [4.78, 5) is 27.3. The van der Waals surface area contributed by atoms with Crippen molar-refractivity contribution in [3.8, 4) is 11.4 Å². The zero-order valence-electron chi connectivity index (χ0n) is 17.7. The van der Waals surface area contributed by atoms with E-state index < -0.39 is 11.8 Å². The van der Waals surface area contributed by atoms with Crippen molar-refractivity contribution in [3.63, 3.8) is 0 Å². The summed E-state index contributed by atoms with van der Waals surface area (Å²) in [6.45, 7) is 3.96. The summed E-state index contributed by atoms with van der Waals surface area (Å²) >= 11 is 7.55. The number of benzene rings is 2. The van der Waals surface area contributed by atoms with Gasteiger partial charge < -0.3 is 9.30 Å². The summed E-state index contributed by atoms with van der Waals surface area (Å²) in [5.74, 6) is -0.321. The van der Waals surface area contributed by atoms with Crippen LogP contribution in [0.15, 0.2) is 60.2 Å². The van der Waals surface area contributed by atoms with Crippen LogP contribution in [0.5, 0.6) is 5.75 Å². The fourth-order valence-corrected chi connectivity index (χ4v) is 4.34. The fraction of sp³-hybridized carbons (Fsp3) is 0.125. The SMILES string of the molecule is COc1ccc(N2C(=O)/C(=C/c3cc(C)n(-c4ccc(I)cc4)c3C)C(=O)NC2=S)cc1. The van der Waals surface area contributed by atoms with Crippen molar-refractivity contribution >= 4 is 63.5 Å². The molecule has 2 heterocycles. The molecule has 0 saturated carbocycles. The van der Waals surface area contributed by atoms with Crippen molar-refractivity contribution in [3.05, 3.63) is 80.7 Å². The van der Waals surface area contributed by atoms with Crippen LogP contribution < -0.4 is 15.0 Å². The Morgan fingerprint density at radius 3 is 2.25 bits per heavy atom. The van der Waals surface area contributed by atoms with Gasteiger partial charge >= 0.3 is 0 Å². The van der Waals surface area contributed by atoms with E-state index in [0.29, 0.717) is 11.4 Å². The first-order valence-corrected chi connectivity index (χ1v) is 11.3. The topological polar surface area (TPSA) is 63.6 Å². The molecule has 0 bridgehead atoms. The number of carbonyl (C=O) groups is 2. The van der Waals surface area contributed by atoms with E-state index >= 15 is 0 Å². The molecule has 0 radical (unpaired) electrons. The van der Waals surface area contributed by atoms with Crippen molar-refractivity contribution in [2.45, 2.75) is 13.8 Å². The zero-order chi connectivity index (χ0) is 23.0. The first-order valence-electron chi connectivity index (χ1n) is 9.80. The molecule has 1 aliphatic rings. The summed E-state index contributed by atoms with van der Waals surface area (Å²) in [6, 6.07) is 17.0. The van der Waals surface area contributed by atoms with Gasteiger partial charge in [0, 0.05) is 20.6 Å². The highest BCUT2D eigenvalue weighted by Gasteiger charge is 2.34. The number of hydrogen-bond acceptors (Lipinski definition) is 4. The second-order valence-electron chi connectivity index (χ2n) is 7.29. The molecule has 2 amide bonds.